The fraction of sp³-hybridized carbons (Fsp3) is 0.318. The molecule has 0 aliphatic carbocycles. The van der Waals surface area contributed by atoms with Crippen molar-refractivity contribution in [1.29, 1.82) is 0 Å². The van der Waals surface area contributed by atoms with Crippen molar-refractivity contribution < 1.29 is 17.9 Å². The lowest BCUT2D eigenvalue weighted by Crippen LogP contribution is -2.23. The molecule has 0 atom stereocenters. The lowest BCUT2D eigenvalue weighted by atomic mass is 9.82. The highest BCUT2D eigenvalue weighted by atomic mass is 32.2. The summed E-state index contributed by atoms with van der Waals surface area (Å²) in [4.78, 5) is 12.2. The number of sulfonamides is 1. The molecular weight excluding hydrogens is 388 g/mol. The molecule has 2 N–H and O–H groups in total. The molecule has 0 saturated carbocycles. The summed E-state index contributed by atoms with van der Waals surface area (Å²) in [5.41, 5.74) is 1.80. The Labute approximate surface area is 173 Å². The summed E-state index contributed by atoms with van der Waals surface area (Å²) < 4.78 is 32.0. The Kier molecular flexibility index (Phi) is 7.59. The van der Waals surface area contributed by atoms with Crippen LogP contribution in [0.3, 0.4) is 0 Å². The summed E-state index contributed by atoms with van der Waals surface area (Å²) >= 11 is 0. The van der Waals surface area contributed by atoms with Gasteiger partial charge in [0.1, 0.15) is 5.75 Å². The molecule has 156 valence electrons. The Morgan fingerprint density at radius 3 is 2.28 bits per heavy atom. The van der Waals surface area contributed by atoms with E-state index < -0.39 is 10.0 Å². The zero-order chi connectivity index (χ0) is 21.5. The van der Waals surface area contributed by atoms with Crippen molar-refractivity contribution >= 4 is 21.6 Å². The van der Waals surface area contributed by atoms with Gasteiger partial charge in [-0.3, -0.25) is 4.79 Å². The second-order valence-corrected chi connectivity index (χ2v) is 9.03. The third-order valence-electron chi connectivity index (χ3n) is 4.76. The zero-order valence-electron chi connectivity index (χ0n) is 17.1. The molecule has 7 heteroatoms. The summed E-state index contributed by atoms with van der Waals surface area (Å²) in [6.45, 7) is 10.00. The van der Waals surface area contributed by atoms with Crippen LogP contribution < -0.4 is 14.8 Å². The first kappa shape index (κ1) is 22.6. The molecule has 0 radical (unpaired) electrons. The number of hydrogen-bond donors (Lipinski definition) is 2. The Bertz CT molecular complexity index is 934. The normalized spacial score (nSPS) is 11.7. The Hall–Kier alpha value is -2.64. The Morgan fingerprint density at radius 1 is 1.10 bits per heavy atom. The molecule has 0 heterocycles. The maximum absolute atomic E-state index is 12.1. The molecule has 2 aromatic carbocycles. The number of nitrogens with one attached hydrogen (secondary N) is 2. The third-order valence-corrected chi connectivity index (χ3v) is 6.20. The lowest BCUT2D eigenvalue weighted by molar-refractivity contribution is -0.118. The molecular formula is C22H28N2O4S. The second kappa shape index (κ2) is 9.71. The molecule has 0 fully saturated rings. The van der Waals surface area contributed by atoms with Crippen LogP contribution in [-0.2, 0) is 20.2 Å². The van der Waals surface area contributed by atoms with E-state index in [4.69, 9.17) is 4.74 Å². The number of anilines is 1. The maximum Gasteiger partial charge on any atom is 0.262 e. The molecule has 1 amide bonds. The number of hydrogen-bond acceptors (Lipinski definition) is 4. The summed E-state index contributed by atoms with van der Waals surface area (Å²) in [6, 6.07) is 13.6. The first-order valence-corrected chi connectivity index (χ1v) is 10.9. The van der Waals surface area contributed by atoms with E-state index in [2.05, 4.69) is 37.4 Å². The van der Waals surface area contributed by atoms with Crippen molar-refractivity contribution in [2.45, 2.75) is 37.5 Å². The van der Waals surface area contributed by atoms with E-state index in [9.17, 15) is 13.2 Å². The number of carbonyl (C=O) groups is 1. The van der Waals surface area contributed by atoms with Crippen LogP contribution in [0.25, 0.3) is 0 Å². The highest BCUT2D eigenvalue weighted by Crippen LogP contribution is 2.28. The molecule has 2 rings (SSSR count). The average Bonchev–Trinajstić information content (AvgIpc) is 2.71. The van der Waals surface area contributed by atoms with E-state index >= 15 is 0 Å². The van der Waals surface area contributed by atoms with Crippen LogP contribution in [0.2, 0.25) is 0 Å². The van der Waals surface area contributed by atoms with E-state index in [1.165, 1.54) is 35.9 Å². The van der Waals surface area contributed by atoms with Crippen molar-refractivity contribution in [3.63, 3.8) is 0 Å². The molecule has 0 aliphatic heterocycles. The van der Waals surface area contributed by atoms with Gasteiger partial charge < -0.3 is 10.1 Å². The number of rotatable bonds is 10. The van der Waals surface area contributed by atoms with Crippen LogP contribution in [0.15, 0.2) is 66.1 Å². The lowest BCUT2D eigenvalue weighted by Gasteiger charge is -2.23. The third kappa shape index (κ3) is 6.44. The molecule has 2 aromatic rings. The molecule has 0 spiro atoms. The predicted octanol–water partition coefficient (Wildman–Crippen LogP) is 3.86. The van der Waals surface area contributed by atoms with E-state index in [0.29, 0.717) is 11.4 Å². The van der Waals surface area contributed by atoms with Gasteiger partial charge in [-0.2, -0.15) is 0 Å². The van der Waals surface area contributed by atoms with Crippen LogP contribution in [0.5, 0.6) is 5.75 Å². The fourth-order valence-electron chi connectivity index (χ4n) is 2.52. The second-order valence-electron chi connectivity index (χ2n) is 7.26. The number of benzene rings is 2. The van der Waals surface area contributed by atoms with Crippen molar-refractivity contribution in [2.24, 2.45) is 0 Å². The van der Waals surface area contributed by atoms with Crippen LogP contribution >= 0.6 is 0 Å². The summed E-state index contributed by atoms with van der Waals surface area (Å²) in [7, 11) is -3.59. The number of carbonyl (C=O) groups excluding carboxylic acids is 1. The monoisotopic (exact) mass is 416 g/mol. The Balaban J connectivity index is 1.90. The van der Waals surface area contributed by atoms with Gasteiger partial charge in [-0.1, -0.05) is 39.0 Å². The highest BCUT2D eigenvalue weighted by Gasteiger charge is 2.17. The van der Waals surface area contributed by atoms with Crippen LogP contribution in [-0.4, -0.2) is 27.5 Å². The molecule has 0 bridgehead atoms. The molecule has 6 nitrogen and oxygen atoms in total. The minimum atomic E-state index is -3.59. The predicted molar refractivity (Wildman–Crippen MR) is 116 cm³/mol. The molecule has 0 unspecified atom stereocenters. The maximum atomic E-state index is 12.1. The fourth-order valence-corrected chi connectivity index (χ4v) is 3.52. The van der Waals surface area contributed by atoms with Crippen LogP contribution in [0.4, 0.5) is 5.69 Å². The van der Waals surface area contributed by atoms with Crippen LogP contribution in [0.1, 0.15) is 32.8 Å². The van der Waals surface area contributed by atoms with Gasteiger partial charge in [0.05, 0.1) is 4.90 Å². The van der Waals surface area contributed by atoms with E-state index in [0.717, 1.165) is 6.42 Å². The molecule has 0 aliphatic rings. The van der Waals surface area contributed by atoms with E-state index in [-0.39, 0.29) is 29.4 Å². The highest BCUT2D eigenvalue weighted by molar-refractivity contribution is 7.89. The molecule has 0 aromatic heterocycles. The van der Waals surface area contributed by atoms with Gasteiger partial charge in [-0.15, -0.1) is 6.58 Å². The minimum Gasteiger partial charge on any atom is -0.484 e. The smallest absolute Gasteiger partial charge is 0.262 e. The van der Waals surface area contributed by atoms with Gasteiger partial charge >= 0.3 is 0 Å². The van der Waals surface area contributed by atoms with Crippen molar-refractivity contribution in [3.8, 4) is 5.75 Å². The largest absolute Gasteiger partial charge is 0.484 e. The van der Waals surface area contributed by atoms with Crippen LogP contribution in [0, 0.1) is 0 Å². The zero-order valence-corrected chi connectivity index (χ0v) is 17.9. The van der Waals surface area contributed by atoms with Gasteiger partial charge in [0.25, 0.3) is 5.91 Å². The molecule has 29 heavy (non-hydrogen) atoms. The summed E-state index contributed by atoms with van der Waals surface area (Å²) in [6.07, 6.45) is 2.49. The van der Waals surface area contributed by atoms with Crippen molar-refractivity contribution in [3.05, 3.63) is 66.7 Å². The van der Waals surface area contributed by atoms with Crippen molar-refractivity contribution in [1.82, 2.24) is 4.72 Å². The van der Waals surface area contributed by atoms with Gasteiger partial charge in [-0.25, -0.2) is 13.1 Å². The molecule has 0 saturated heterocycles. The van der Waals surface area contributed by atoms with Gasteiger partial charge in [0.2, 0.25) is 10.0 Å². The quantitative estimate of drug-likeness (QED) is 0.576. The topological polar surface area (TPSA) is 84.5 Å². The standard InChI is InChI=1S/C22H28N2O4S/c1-5-15-23-29(26,27)20-13-9-18(10-14-20)24-21(25)16-28-19-11-7-17(8-12-19)22(3,4)6-2/h5,7-14,23H,1,6,15-16H2,2-4H3,(H,24,25). The number of amides is 1. The summed E-state index contributed by atoms with van der Waals surface area (Å²) in [5.74, 6) is 0.286. The first-order chi connectivity index (χ1) is 13.7. The SMILES string of the molecule is C=CCNS(=O)(=O)c1ccc(NC(=O)COc2ccc(C(C)(C)CC)cc2)cc1. The van der Waals surface area contributed by atoms with Gasteiger partial charge in [0, 0.05) is 12.2 Å². The van der Waals surface area contributed by atoms with E-state index in [1.807, 2.05) is 24.3 Å². The first-order valence-electron chi connectivity index (χ1n) is 9.42. The van der Waals surface area contributed by atoms with E-state index in [1.54, 1.807) is 0 Å². The number of ether oxygens (including phenoxy) is 1. The Morgan fingerprint density at radius 2 is 1.72 bits per heavy atom. The minimum absolute atomic E-state index is 0.0940. The summed E-state index contributed by atoms with van der Waals surface area (Å²) in [5, 5.41) is 2.68. The van der Waals surface area contributed by atoms with Crippen molar-refractivity contribution in [2.75, 3.05) is 18.5 Å². The average molecular weight is 417 g/mol. The van der Waals surface area contributed by atoms with Gasteiger partial charge in [0.15, 0.2) is 6.61 Å². The van der Waals surface area contributed by atoms with Gasteiger partial charge in [-0.05, 0) is 53.8 Å².